The first-order valence-corrected chi connectivity index (χ1v) is 14.4. The molecule has 37 heavy (non-hydrogen) atoms. The fraction of sp³-hybridized carbons (Fsp3) is 0.385. The van der Waals surface area contributed by atoms with Crippen LogP contribution < -0.4 is 10.6 Å². The Bertz CT molecular complexity index is 1300. The van der Waals surface area contributed by atoms with E-state index in [4.69, 9.17) is 23.2 Å². The Morgan fingerprint density at radius 2 is 1.84 bits per heavy atom. The Kier molecular flexibility index (Phi) is 10.5. The van der Waals surface area contributed by atoms with E-state index >= 15 is 0 Å². The van der Waals surface area contributed by atoms with E-state index in [9.17, 15) is 9.59 Å². The summed E-state index contributed by atoms with van der Waals surface area (Å²) in [5.74, 6) is 0.649. The Morgan fingerprint density at radius 3 is 2.49 bits per heavy atom. The van der Waals surface area contributed by atoms with Gasteiger partial charge in [0, 0.05) is 21.7 Å². The number of hydrogen-bond donors (Lipinski definition) is 2. The van der Waals surface area contributed by atoms with Crippen molar-refractivity contribution in [3.63, 3.8) is 0 Å². The lowest BCUT2D eigenvalue weighted by Crippen LogP contribution is -2.32. The Morgan fingerprint density at radius 1 is 1.11 bits per heavy atom. The van der Waals surface area contributed by atoms with Gasteiger partial charge < -0.3 is 15.2 Å². The highest BCUT2D eigenvalue weighted by Crippen LogP contribution is 2.28. The van der Waals surface area contributed by atoms with Crippen LogP contribution in [-0.4, -0.2) is 32.3 Å². The highest BCUT2D eigenvalue weighted by Gasteiger charge is 2.25. The van der Waals surface area contributed by atoms with Crippen LogP contribution in [0.1, 0.15) is 60.5 Å². The lowest BCUT2D eigenvalue weighted by molar-refractivity contribution is -0.113. The van der Waals surface area contributed by atoms with Crippen molar-refractivity contribution in [1.82, 2.24) is 20.1 Å². The lowest BCUT2D eigenvalue weighted by Gasteiger charge is -2.21. The maximum absolute atomic E-state index is 13.1. The lowest BCUT2D eigenvalue weighted by atomic mass is 10.0. The number of carbonyl (C=O) groups is 2. The molecule has 0 spiro atoms. The number of benzene rings is 2. The Hall–Kier alpha value is -2.07. The normalized spacial score (nSPS) is 12.0. The third-order valence-corrected chi connectivity index (χ3v) is 8.26. The van der Waals surface area contributed by atoms with Gasteiger partial charge in [-0.15, -0.1) is 10.2 Å². The standard InChI is InChI=1S/C26H30BrCl2N5O2S/c1-6-34-24(22(11-14(2)3)31-25(36)18-8-7-17(28)12-20(18)29)32-33-26(34)37-13-23(35)30-21-10-9-19(27)15(4)16(21)5/h7-10,12,14,22H,6,11,13H2,1-5H3,(H,30,35)(H,31,36)/t22-/m0/s1. The van der Waals surface area contributed by atoms with E-state index in [-0.39, 0.29) is 34.5 Å². The first-order valence-electron chi connectivity index (χ1n) is 11.9. The molecule has 198 valence electrons. The number of nitrogens with zero attached hydrogens (tertiary/aromatic N) is 3. The molecule has 0 fully saturated rings. The molecule has 0 bridgehead atoms. The molecule has 0 unspecified atom stereocenters. The van der Waals surface area contributed by atoms with Crippen LogP contribution in [0.2, 0.25) is 10.0 Å². The van der Waals surface area contributed by atoms with Crippen LogP contribution in [0.3, 0.4) is 0 Å². The predicted octanol–water partition coefficient (Wildman–Crippen LogP) is 7.23. The van der Waals surface area contributed by atoms with Gasteiger partial charge in [-0.1, -0.05) is 64.7 Å². The molecular formula is C26H30BrCl2N5O2S. The van der Waals surface area contributed by atoms with Crippen molar-refractivity contribution < 1.29 is 9.59 Å². The van der Waals surface area contributed by atoms with Crippen LogP contribution >= 0.6 is 50.9 Å². The average molecular weight is 627 g/mol. The minimum Gasteiger partial charge on any atom is -0.342 e. The summed E-state index contributed by atoms with van der Waals surface area (Å²) in [4.78, 5) is 25.8. The monoisotopic (exact) mass is 625 g/mol. The quantitative estimate of drug-likeness (QED) is 0.232. The SMILES string of the molecule is CCn1c(SCC(=O)Nc2ccc(Br)c(C)c2C)nnc1[C@H](CC(C)C)NC(=O)c1ccc(Cl)cc1Cl. The molecule has 0 aliphatic rings. The third kappa shape index (κ3) is 7.50. The smallest absolute Gasteiger partial charge is 0.253 e. The number of rotatable bonds is 10. The van der Waals surface area contributed by atoms with Crippen molar-refractivity contribution in [2.24, 2.45) is 5.92 Å². The molecule has 3 rings (SSSR count). The van der Waals surface area contributed by atoms with E-state index in [1.807, 2.05) is 37.5 Å². The molecular weight excluding hydrogens is 597 g/mol. The van der Waals surface area contributed by atoms with Crippen molar-refractivity contribution in [2.45, 2.75) is 58.8 Å². The summed E-state index contributed by atoms with van der Waals surface area (Å²) in [5, 5.41) is 16.1. The van der Waals surface area contributed by atoms with Gasteiger partial charge in [-0.3, -0.25) is 9.59 Å². The second-order valence-corrected chi connectivity index (χ2v) is 11.7. The van der Waals surface area contributed by atoms with Gasteiger partial charge in [-0.25, -0.2) is 0 Å². The van der Waals surface area contributed by atoms with Gasteiger partial charge >= 0.3 is 0 Å². The fourth-order valence-electron chi connectivity index (χ4n) is 3.81. The van der Waals surface area contributed by atoms with Crippen LogP contribution in [0.5, 0.6) is 0 Å². The number of thioether (sulfide) groups is 1. The fourth-order valence-corrected chi connectivity index (χ4v) is 5.54. The highest BCUT2D eigenvalue weighted by molar-refractivity contribution is 9.10. The van der Waals surface area contributed by atoms with Crippen molar-refractivity contribution in [1.29, 1.82) is 0 Å². The molecule has 7 nitrogen and oxygen atoms in total. The van der Waals surface area contributed by atoms with Gasteiger partial charge in [-0.2, -0.15) is 0 Å². The maximum Gasteiger partial charge on any atom is 0.253 e. The number of carbonyl (C=O) groups excluding carboxylic acids is 2. The molecule has 0 aliphatic heterocycles. The first-order chi connectivity index (χ1) is 17.5. The number of hydrogen-bond acceptors (Lipinski definition) is 5. The minimum absolute atomic E-state index is 0.133. The van der Waals surface area contributed by atoms with Crippen LogP contribution in [-0.2, 0) is 11.3 Å². The Balaban J connectivity index is 1.76. The zero-order valence-corrected chi connectivity index (χ0v) is 25.3. The van der Waals surface area contributed by atoms with E-state index in [0.29, 0.717) is 34.5 Å². The summed E-state index contributed by atoms with van der Waals surface area (Å²) in [6.45, 7) is 10.7. The van der Waals surface area contributed by atoms with E-state index in [2.05, 4.69) is 50.6 Å². The van der Waals surface area contributed by atoms with Crippen LogP contribution in [0.4, 0.5) is 5.69 Å². The van der Waals surface area contributed by atoms with Gasteiger partial charge in [0.05, 0.1) is 22.4 Å². The molecule has 0 radical (unpaired) electrons. The number of aromatic nitrogens is 3. The summed E-state index contributed by atoms with van der Waals surface area (Å²) >= 11 is 17.1. The third-order valence-electron chi connectivity index (χ3n) is 5.89. The van der Waals surface area contributed by atoms with Crippen molar-refractivity contribution in [2.75, 3.05) is 11.1 Å². The summed E-state index contributed by atoms with van der Waals surface area (Å²) in [5.41, 5.74) is 3.22. The number of amides is 2. The Labute approximate surface area is 240 Å². The zero-order chi connectivity index (χ0) is 27.3. The number of halogens is 3. The first kappa shape index (κ1) is 29.5. The summed E-state index contributed by atoms with van der Waals surface area (Å²) in [7, 11) is 0. The molecule has 2 aromatic carbocycles. The van der Waals surface area contributed by atoms with Gasteiger partial charge in [0.25, 0.3) is 5.91 Å². The average Bonchev–Trinajstić information content (AvgIpc) is 3.25. The van der Waals surface area contributed by atoms with Gasteiger partial charge in [0.15, 0.2) is 11.0 Å². The molecule has 2 amide bonds. The number of anilines is 1. The van der Waals surface area contributed by atoms with E-state index in [0.717, 1.165) is 21.3 Å². The van der Waals surface area contributed by atoms with Crippen molar-refractivity contribution in [3.8, 4) is 0 Å². The van der Waals surface area contributed by atoms with Gasteiger partial charge in [-0.05, 0) is 74.6 Å². The summed E-state index contributed by atoms with van der Waals surface area (Å²) in [6, 6.07) is 8.19. The highest BCUT2D eigenvalue weighted by atomic mass is 79.9. The summed E-state index contributed by atoms with van der Waals surface area (Å²) < 4.78 is 2.94. The second kappa shape index (κ2) is 13.1. The van der Waals surface area contributed by atoms with Crippen LogP contribution in [0.15, 0.2) is 40.0 Å². The largest absolute Gasteiger partial charge is 0.342 e. The zero-order valence-electron chi connectivity index (χ0n) is 21.4. The van der Waals surface area contributed by atoms with E-state index in [1.165, 1.54) is 11.8 Å². The van der Waals surface area contributed by atoms with Gasteiger partial charge in [0.1, 0.15) is 0 Å². The van der Waals surface area contributed by atoms with Crippen LogP contribution in [0.25, 0.3) is 0 Å². The topological polar surface area (TPSA) is 88.9 Å². The summed E-state index contributed by atoms with van der Waals surface area (Å²) in [6.07, 6.45) is 0.655. The molecule has 0 saturated carbocycles. The molecule has 1 aromatic heterocycles. The molecule has 1 atom stereocenters. The molecule has 11 heteroatoms. The maximum atomic E-state index is 13.1. The molecule has 0 aliphatic carbocycles. The van der Waals surface area contributed by atoms with Gasteiger partial charge in [0.2, 0.25) is 5.91 Å². The number of nitrogens with one attached hydrogen (secondary N) is 2. The van der Waals surface area contributed by atoms with Crippen molar-refractivity contribution >= 4 is 68.4 Å². The molecule has 2 N–H and O–H groups in total. The van der Waals surface area contributed by atoms with E-state index in [1.54, 1.807) is 18.2 Å². The minimum atomic E-state index is -0.386. The van der Waals surface area contributed by atoms with Crippen LogP contribution in [0, 0.1) is 19.8 Å². The molecule has 0 saturated heterocycles. The second-order valence-electron chi connectivity index (χ2n) is 9.05. The van der Waals surface area contributed by atoms with Crippen molar-refractivity contribution in [3.05, 3.63) is 67.4 Å². The van der Waals surface area contributed by atoms with E-state index < -0.39 is 0 Å². The molecule has 1 heterocycles. The molecule has 3 aromatic rings. The predicted molar refractivity (Wildman–Crippen MR) is 155 cm³/mol.